The van der Waals surface area contributed by atoms with Crippen molar-refractivity contribution in [2.75, 3.05) is 0 Å². The topological polar surface area (TPSA) is 100 Å². The van der Waals surface area contributed by atoms with Crippen LogP contribution in [0.3, 0.4) is 0 Å². The van der Waals surface area contributed by atoms with Crippen molar-refractivity contribution in [1.29, 1.82) is 0 Å². The molecular weight excluding hydrogens is 823 g/mol. The van der Waals surface area contributed by atoms with Crippen LogP contribution in [0.2, 0.25) is 0 Å². The molecule has 4 aromatic carbocycles. The van der Waals surface area contributed by atoms with Gasteiger partial charge in [0.1, 0.15) is 5.52 Å². The van der Waals surface area contributed by atoms with Gasteiger partial charge in [-0.05, 0) is 103 Å². The zero-order chi connectivity index (χ0) is 47.8. The van der Waals surface area contributed by atoms with E-state index in [-0.39, 0.29) is 32.3 Å². The van der Waals surface area contributed by atoms with Crippen molar-refractivity contribution in [2.45, 2.75) is 105 Å². The van der Waals surface area contributed by atoms with E-state index >= 15 is 0 Å². The quantitative estimate of drug-likeness (QED) is 0.133. The van der Waals surface area contributed by atoms with Crippen molar-refractivity contribution < 1.29 is 4.92 Å². The van der Waals surface area contributed by atoms with Crippen LogP contribution in [0, 0.1) is 10.1 Å². The predicted molar refractivity (Wildman–Crippen MR) is 282 cm³/mol. The molecule has 2 aliphatic heterocycles. The van der Waals surface area contributed by atoms with E-state index in [0.29, 0.717) is 28.0 Å². The maximum absolute atomic E-state index is 13.4. The Hall–Kier alpha value is -7.12. The van der Waals surface area contributed by atoms with E-state index in [2.05, 4.69) is 208 Å². The Morgan fingerprint density at radius 3 is 0.970 bits per heavy atom. The summed E-state index contributed by atoms with van der Waals surface area (Å²) in [5, 5.41) is 13.4. The zero-order valence-corrected chi connectivity index (χ0v) is 40.9. The largest absolute Gasteiger partial charge is 0.354 e. The molecule has 0 amide bonds. The first kappa shape index (κ1) is 45.1. The van der Waals surface area contributed by atoms with E-state index in [4.69, 9.17) is 9.97 Å². The van der Waals surface area contributed by atoms with E-state index < -0.39 is 0 Å². The molecule has 0 aliphatic carbocycles. The Morgan fingerprint density at radius 1 is 0.388 bits per heavy atom. The minimum atomic E-state index is -0.289. The summed E-state index contributed by atoms with van der Waals surface area (Å²) in [6.45, 7) is 26.5. The van der Waals surface area contributed by atoms with Crippen LogP contribution in [0.4, 0.5) is 5.69 Å². The normalized spacial score (nSPS) is 13.1. The molecule has 5 heterocycles. The van der Waals surface area contributed by atoms with Gasteiger partial charge >= 0.3 is 0 Å². The zero-order valence-electron chi connectivity index (χ0n) is 40.9. The third-order valence-electron chi connectivity index (χ3n) is 13.2. The number of fused-ring (bicyclic) bond motifs is 8. The summed E-state index contributed by atoms with van der Waals surface area (Å²) >= 11 is 0. The molecule has 338 valence electrons. The molecule has 2 N–H and O–H groups in total. The fraction of sp³-hybridized carbons (Fsp3) is 0.267. The average molecular weight is 884 g/mol. The van der Waals surface area contributed by atoms with Crippen molar-refractivity contribution in [1.82, 2.24) is 19.9 Å². The van der Waals surface area contributed by atoms with Crippen molar-refractivity contribution in [3.05, 3.63) is 170 Å². The maximum Gasteiger partial charge on any atom is 0.295 e. The van der Waals surface area contributed by atoms with Crippen molar-refractivity contribution in [2.24, 2.45) is 0 Å². The molecule has 0 saturated carbocycles. The molecule has 7 heteroatoms. The Morgan fingerprint density at radius 2 is 0.672 bits per heavy atom. The highest BCUT2D eigenvalue weighted by Gasteiger charge is 2.26. The smallest absolute Gasteiger partial charge is 0.295 e. The van der Waals surface area contributed by atoms with Crippen LogP contribution in [0.5, 0.6) is 0 Å². The van der Waals surface area contributed by atoms with Crippen LogP contribution < -0.4 is 0 Å². The van der Waals surface area contributed by atoms with E-state index in [1.54, 1.807) is 6.07 Å². The second-order valence-corrected chi connectivity index (χ2v) is 22.2. The lowest BCUT2D eigenvalue weighted by Crippen LogP contribution is -2.10. The van der Waals surface area contributed by atoms with Crippen LogP contribution in [0.25, 0.3) is 90.9 Å². The highest BCUT2D eigenvalue weighted by molar-refractivity contribution is 6.02. The van der Waals surface area contributed by atoms with E-state index in [0.717, 1.165) is 66.9 Å². The Balaban J connectivity index is 1.47. The van der Waals surface area contributed by atoms with Crippen LogP contribution >= 0.6 is 0 Å². The van der Waals surface area contributed by atoms with Gasteiger partial charge in [0.15, 0.2) is 0 Å². The highest BCUT2D eigenvalue weighted by atomic mass is 16.6. The van der Waals surface area contributed by atoms with Gasteiger partial charge in [0.2, 0.25) is 0 Å². The molecule has 0 atom stereocenters. The second kappa shape index (κ2) is 16.3. The lowest BCUT2D eigenvalue weighted by Gasteiger charge is -2.19. The van der Waals surface area contributed by atoms with Gasteiger partial charge in [0.25, 0.3) is 5.69 Å². The molecule has 0 spiro atoms. The number of nitro groups is 1. The van der Waals surface area contributed by atoms with Gasteiger partial charge in [-0.25, -0.2) is 9.97 Å². The van der Waals surface area contributed by atoms with Crippen molar-refractivity contribution >= 4 is 52.1 Å². The van der Waals surface area contributed by atoms with Gasteiger partial charge in [-0.1, -0.05) is 180 Å². The number of rotatable bonds is 5. The van der Waals surface area contributed by atoms with Gasteiger partial charge in [-0.15, -0.1) is 0 Å². The molecule has 2 aliphatic rings. The summed E-state index contributed by atoms with van der Waals surface area (Å²) in [6, 6.07) is 40.3. The van der Waals surface area contributed by atoms with Gasteiger partial charge in [0.05, 0.1) is 33.2 Å². The third kappa shape index (κ3) is 8.71. The molecule has 7 nitrogen and oxygen atoms in total. The Kier molecular flexibility index (Phi) is 11.0. The van der Waals surface area contributed by atoms with Gasteiger partial charge < -0.3 is 9.97 Å². The molecule has 8 bridgehead atoms. The van der Waals surface area contributed by atoms with Gasteiger partial charge in [-0.3, -0.25) is 10.1 Å². The number of nitrogens with one attached hydrogen (secondary N) is 2. The van der Waals surface area contributed by atoms with E-state index in [9.17, 15) is 10.1 Å². The van der Waals surface area contributed by atoms with Crippen LogP contribution in [0.15, 0.2) is 115 Å². The van der Waals surface area contributed by atoms with Gasteiger partial charge in [-0.2, -0.15) is 0 Å². The molecule has 7 aromatic rings. The molecule has 0 fully saturated rings. The average Bonchev–Trinajstić information content (AvgIpc) is 4.11. The van der Waals surface area contributed by atoms with Crippen LogP contribution in [-0.4, -0.2) is 24.9 Å². The number of hydrogen-bond donors (Lipinski definition) is 2. The minimum absolute atomic E-state index is 0.0239. The molecule has 0 unspecified atom stereocenters. The summed E-state index contributed by atoms with van der Waals surface area (Å²) in [4.78, 5) is 31.5. The lowest BCUT2D eigenvalue weighted by molar-refractivity contribution is -0.382. The SMILES string of the molecule is CC(C)(C)c1ccc(-c2c3nc(c(-c4ccc(C(C)(C)C)cc4)c4cc([N+](=O)[O-])c([nH]4)c(-c4ccc(C(C)(C)C)cc4)c4nc(c(-c5ccc(C(C)(C)C)cc5)c5ccc2[nH]5)C=C4)C=C3)cc1. The fourth-order valence-electron chi connectivity index (χ4n) is 9.17. The number of benzene rings is 4. The third-order valence-corrected chi connectivity index (χ3v) is 13.2. The Bertz CT molecular complexity index is 3300. The second-order valence-electron chi connectivity index (χ2n) is 22.2. The lowest BCUT2D eigenvalue weighted by atomic mass is 9.86. The number of aromatic nitrogens is 4. The highest BCUT2D eigenvalue weighted by Crippen LogP contribution is 2.42. The number of aromatic amines is 2. The summed E-state index contributed by atoms with van der Waals surface area (Å²) in [7, 11) is 0. The summed E-state index contributed by atoms with van der Waals surface area (Å²) < 4.78 is 0. The van der Waals surface area contributed by atoms with E-state index in [1.807, 2.05) is 18.2 Å². The fourth-order valence-corrected chi connectivity index (χ4v) is 9.17. The molecule has 0 saturated heterocycles. The first-order valence-corrected chi connectivity index (χ1v) is 23.3. The Labute approximate surface area is 395 Å². The number of hydrogen-bond acceptors (Lipinski definition) is 4. The van der Waals surface area contributed by atoms with Crippen LogP contribution in [0.1, 0.15) is 128 Å². The predicted octanol–water partition coefficient (Wildman–Crippen LogP) is 16.4. The monoisotopic (exact) mass is 883 g/mol. The minimum Gasteiger partial charge on any atom is -0.354 e. The first-order valence-electron chi connectivity index (χ1n) is 23.3. The standard InChI is InChI=1S/C60H61N5O2/c1-57(2,3)40-21-13-36(14-22-40)52-44-29-30-45(61-44)53(37-15-23-41(24-16-37)58(4,5)6)47-33-34-49(63-47)55(39-19-27-43(28-20-39)60(10,11)12)56-51(65(66)67)35-50(64-56)54(48-32-31-46(52)62-48)38-17-25-42(26-18-38)59(7,8)9/h13-35,61,64H,1-12H3. The molecule has 3 aromatic heterocycles. The summed E-state index contributed by atoms with van der Waals surface area (Å²) in [5.41, 5.74) is 17.1. The van der Waals surface area contributed by atoms with E-state index in [1.165, 1.54) is 16.7 Å². The molecule has 0 radical (unpaired) electrons. The number of H-pyrrole nitrogens is 2. The maximum atomic E-state index is 13.4. The summed E-state index contributed by atoms with van der Waals surface area (Å²) in [6.07, 6.45) is 8.13. The van der Waals surface area contributed by atoms with Crippen molar-refractivity contribution in [3.8, 4) is 44.5 Å². The first-order chi connectivity index (χ1) is 31.5. The van der Waals surface area contributed by atoms with Crippen molar-refractivity contribution in [3.63, 3.8) is 0 Å². The molecule has 67 heavy (non-hydrogen) atoms. The van der Waals surface area contributed by atoms with Gasteiger partial charge in [0, 0.05) is 39.4 Å². The summed E-state index contributed by atoms with van der Waals surface area (Å²) in [5.74, 6) is 0. The molecular formula is C60H61N5O2. The van der Waals surface area contributed by atoms with Crippen LogP contribution in [-0.2, 0) is 21.7 Å². The molecule has 9 rings (SSSR count). The number of nitrogens with zero attached hydrogens (tertiary/aromatic N) is 3.